The molecule has 132 valence electrons. The van der Waals surface area contributed by atoms with Crippen molar-refractivity contribution in [3.63, 3.8) is 0 Å². The van der Waals surface area contributed by atoms with E-state index in [9.17, 15) is 14.4 Å². The summed E-state index contributed by atoms with van der Waals surface area (Å²) in [4.78, 5) is 38.4. The van der Waals surface area contributed by atoms with E-state index in [0.29, 0.717) is 17.1 Å². The van der Waals surface area contributed by atoms with Crippen LogP contribution >= 0.6 is 0 Å². The molecular formula is C17H19N3O5. The highest BCUT2D eigenvalue weighted by Gasteiger charge is 2.62. The van der Waals surface area contributed by atoms with Gasteiger partial charge in [-0.25, -0.2) is 0 Å². The molecule has 2 bridgehead atoms. The Balaban J connectivity index is 1.44. The van der Waals surface area contributed by atoms with E-state index in [4.69, 9.17) is 15.2 Å². The number of hydrogen-bond donors (Lipinski definition) is 2. The van der Waals surface area contributed by atoms with Gasteiger partial charge >= 0.3 is 0 Å². The molecule has 0 spiro atoms. The Labute approximate surface area is 144 Å². The first-order valence-electron chi connectivity index (χ1n) is 8.23. The number of fused-ring (bicyclic) bond motifs is 5. The molecule has 3 aliphatic heterocycles. The van der Waals surface area contributed by atoms with Gasteiger partial charge in [-0.05, 0) is 31.0 Å². The van der Waals surface area contributed by atoms with Gasteiger partial charge in [-0.15, -0.1) is 0 Å². The van der Waals surface area contributed by atoms with Crippen molar-refractivity contribution in [1.29, 1.82) is 0 Å². The predicted octanol–water partition coefficient (Wildman–Crippen LogP) is 0.378. The summed E-state index contributed by atoms with van der Waals surface area (Å²) in [5.74, 6) is -1.38. The summed E-state index contributed by atoms with van der Waals surface area (Å²) < 4.78 is 10.7. The lowest BCUT2D eigenvalue weighted by Crippen LogP contribution is -2.40. The molecule has 3 fully saturated rings. The van der Waals surface area contributed by atoms with E-state index in [-0.39, 0.29) is 30.6 Å². The fourth-order valence-corrected chi connectivity index (χ4v) is 4.09. The Morgan fingerprint density at radius 1 is 1.28 bits per heavy atom. The van der Waals surface area contributed by atoms with E-state index in [0.717, 1.165) is 17.7 Å². The average molecular weight is 345 g/mol. The third-order valence-electron chi connectivity index (χ3n) is 5.19. The van der Waals surface area contributed by atoms with Gasteiger partial charge in [0.2, 0.25) is 17.7 Å². The Morgan fingerprint density at radius 2 is 1.92 bits per heavy atom. The van der Waals surface area contributed by atoms with Crippen LogP contribution in [0.3, 0.4) is 0 Å². The summed E-state index contributed by atoms with van der Waals surface area (Å²) in [5.41, 5.74) is 6.67. The van der Waals surface area contributed by atoms with Crippen LogP contribution < -0.4 is 15.8 Å². The lowest BCUT2D eigenvalue weighted by atomic mass is 9.81. The zero-order valence-electron chi connectivity index (χ0n) is 13.7. The van der Waals surface area contributed by atoms with Crippen LogP contribution in [-0.4, -0.2) is 48.5 Å². The molecule has 4 atom stereocenters. The van der Waals surface area contributed by atoms with E-state index in [1.807, 2.05) is 0 Å². The van der Waals surface area contributed by atoms with Crippen LogP contribution in [0.5, 0.6) is 5.75 Å². The third kappa shape index (κ3) is 2.44. The number of methoxy groups -OCH3 is 1. The minimum Gasteiger partial charge on any atom is -0.495 e. The van der Waals surface area contributed by atoms with Gasteiger partial charge in [0.25, 0.3) is 0 Å². The topological polar surface area (TPSA) is 111 Å². The average Bonchev–Trinajstić information content (AvgIpc) is 3.25. The van der Waals surface area contributed by atoms with Gasteiger partial charge < -0.3 is 20.5 Å². The summed E-state index contributed by atoms with van der Waals surface area (Å²) >= 11 is 0. The Bertz CT molecular complexity index is 737. The van der Waals surface area contributed by atoms with Gasteiger partial charge in [0.15, 0.2) is 0 Å². The lowest BCUT2D eigenvalue weighted by Gasteiger charge is -2.17. The van der Waals surface area contributed by atoms with Crippen molar-refractivity contribution in [1.82, 2.24) is 4.90 Å². The molecule has 4 unspecified atom stereocenters. The van der Waals surface area contributed by atoms with Crippen molar-refractivity contribution < 1.29 is 23.9 Å². The van der Waals surface area contributed by atoms with E-state index in [1.54, 1.807) is 18.2 Å². The highest BCUT2D eigenvalue weighted by atomic mass is 16.5. The number of amides is 3. The van der Waals surface area contributed by atoms with Crippen molar-refractivity contribution in [2.24, 2.45) is 11.8 Å². The maximum absolute atomic E-state index is 12.5. The van der Waals surface area contributed by atoms with Crippen molar-refractivity contribution >= 4 is 29.1 Å². The van der Waals surface area contributed by atoms with Crippen molar-refractivity contribution in [3.8, 4) is 5.75 Å². The Hall–Kier alpha value is -2.61. The molecule has 25 heavy (non-hydrogen) atoms. The summed E-state index contributed by atoms with van der Waals surface area (Å²) in [6.45, 7) is -0.296. The van der Waals surface area contributed by atoms with E-state index in [2.05, 4.69) is 5.32 Å². The molecule has 0 saturated carbocycles. The van der Waals surface area contributed by atoms with Gasteiger partial charge in [0, 0.05) is 5.69 Å². The van der Waals surface area contributed by atoms with Crippen LogP contribution in [0.1, 0.15) is 12.8 Å². The molecule has 8 nitrogen and oxygen atoms in total. The quantitative estimate of drug-likeness (QED) is 0.603. The highest BCUT2D eigenvalue weighted by molar-refractivity contribution is 6.09. The molecule has 3 heterocycles. The maximum atomic E-state index is 12.5. The zero-order valence-corrected chi connectivity index (χ0v) is 13.7. The van der Waals surface area contributed by atoms with Crippen molar-refractivity contribution in [3.05, 3.63) is 18.2 Å². The van der Waals surface area contributed by atoms with E-state index >= 15 is 0 Å². The minimum atomic E-state index is -0.445. The summed E-state index contributed by atoms with van der Waals surface area (Å²) in [7, 11) is 1.50. The zero-order chi connectivity index (χ0) is 17.7. The number of carbonyl (C=O) groups is 3. The maximum Gasteiger partial charge on any atom is 0.244 e. The second kappa shape index (κ2) is 5.73. The molecular weight excluding hydrogens is 326 g/mol. The molecule has 0 aromatic heterocycles. The normalized spacial score (nSPS) is 29.9. The molecule has 0 aliphatic carbocycles. The van der Waals surface area contributed by atoms with Gasteiger partial charge in [-0.3, -0.25) is 19.3 Å². The SMILES string of the molecule is COc1ccc(NC(=O)CN2C(=O)C3C4CCC(O4)C3C2=O)cc1N. The first kappa shape index (κ1) is 15.9. The fraction of sp³-hybridized carbons (Fsp3) is 0.471. The second-order valence-electron chi connectivity index (χ2n) is 6.61. The van der Waals surface area contributed by atoms with Crippen LogP contribution in [0.2, 0.25) is 0 Å². The lowest BCUT2D eigenvalue weighted by molar-refractivity contribution is -0.145. The molecule has 3 aliphatic rings. The summed E-state index contributed by atoms with van der Waals surface area (Å²) in [6.07, 6.45) is 1.24. The number of imide groups is 1. The van der Waals surface area contributed by atoms with Crippen LogP contribution in [0.25, 0.3) is 0 Å². The smallest absolute Gasteiger partial charge is 0.244 e. The van der Waals surface area contributed by atoms with Crippen LogP contribution in [0.15, 0.2) is 18.2 Å². The number of benzene rings is 1. The van der Waals surface area contributed by atoms with Crippen LogP contribution in [-0.2, 0) is 19.1 Å². The molecule has 0 radical (unpaired) electrons. The van der Waals surface area contributed by atoms with Gasteiger partial charge in [0.1, 0.15) is 12.3 Å². The van der Waals surface area contributed by atoms with Crippen molar-refractivity contribution in [2.75, 3.05) is 24.7 Å². The first-order chi connectivity index (χ1) is 12.0. The number of likely N-dealkylation sites (tertiary alicyclic amines) is 1. The highest BCUT2D eigenvalue weighted by Crippen LogP contribution is 2.48. The summed E-state index contributed by atoms with van der Waals surface area (Å²) in [6, 6.07) is 4.84. The second-order valence-corrected chi connectivity index (χ2v) is 6.61. The molecule has 1 aromatic carbocycles. The number of ether oxygens (including phenoxy) is 2. The molecule has 3 N–H and O–H groups in total. The van der Waals surface area contributed by atoms with Gasteiger partial charge in [-0.2, -0.15) is 0 Å². The number of nitrogens with one attached hydrogen (secondary N) is 1. The largest absolute Gasteiger partial charge is 0.495 e. The van der Waals surface area contributed by atoms with Gasteiger partial charge in [-0.1, -0.05) is 0 Å². The molecule has 3 saturated heterocycles. The Kier molecular flexibility index (Phi) is 3.64. The number of nitrogens with two attached hydrogens (primary N) is 1. The number of rotatable bonds is 4. The van der Waals surface area contributed by atoms with Crippen LogP contribution in [0.4, 0.5) is 11.4 Å². The number of nitrogens with zero attached hydrogens (tertiary/aromatic N) is 1. The predicted molar refractivity (Wildman–Crippen MR) is 87.6 cm³/mol. The number of nitrogen functional groups attached to an aromatic ring is 1. The molecule has 1 aromatic rings. The summed E-state index contributed by atoms with van der Waals surface area (Å²) in [5, 5.41) is 2.65. The third-order valence-corrected chi connectivity index (χ3v) is 5.19. The molecule has 8 heteroatoms. The first-order valence-corrected chi connectivity index (χ1v) is 8.23. The van der Waals surface area contributed by atoms with Crippen LogP contribution in [0, 0.1) is 11.8 Å². The Morgan fingerprint density at radius 3 is 2.48 bits per heavy atom. The molecule has 4 rings (SSSR count). The monoisotopic (exact) mass is 345 g/mol. The minimum absolute atomic E-state index is 0.180. The number of hydrogen-bond acceptors (Lipinski definition) is 6. The number of carbonyl (C=O) groups excluding carboxylic acids is 3. The molecule has 3 amide bonds. The van der Waals surface area contributed by atoms with Gasteiger partial charge in [0.05, 0.1) is 36.8 Å². The van der Waals surface area contributed by atoms with Crippen molar-refractivity contribution in [2.45, 2.75) is 25.0 Å². The van der Waals surface area contributed by atoms with E-state index in [1.165, 1.54) is 7.11 Å². The fourth-order valence-electron chi connectivity index (χ4n) is 4.09. The standard InChI is InChI=1S/C17H19N3O5/c1-24-10-3-2-8(6-9(10)18)19-13(21)7-20-16(22)14-11-4-5-12(25-11)15(14)17(20)23/h2-3,6,11-12,14-15H,4-5,7,18H2,1H3,(H,19,21). The number of anilines is 2. The van der Waals surface area contributed by atoms with E-state index < -0.39 is 17.7 Å².